The molecule has 2 aliphatic rings. The molecule has 0 aromatic rings. The lowest BCUT2D eigenvalue weighted by molar-refractivity contribution is -0.131. The largest absolute Gasteiger partial charge is 0.385 e. The molecule has 0 bridgehead atoms. The van der Waals surface area contributed by atoms with Crippen molar-refractivity contribution < 1.29 is 9.53 Å². The van der Waals surface area contributed by atoms with E-state index in [-0.39, 0.29) is 12.2 Å². The fraction of sp³-hybridized carbons (Fsp3) is 0.941. The molecule has 0 spiro atoms. The fourth-order valence-corrected chi connectivity index (χ4v) is 3.41. The van der Waals surface area contributed by atoms with Gasteiger partial charge in [-0.05, 0) is 37.5 Å². The predicted molar refractivity (Wildman–Crippen MR) is 85.0 cm³/mol. The highest BCUT2D eigenvalue weighted by Gasteiger charge is 2.48. The van der Waals surface area contributed by atoms with Crippen LogP contribution in [0.5, 0.6) is 0 Å². The van der Waals surface area contributed by atoms with E-state index in [0.717, 1.165) is 51.7 Å². The van der Waals surface area contributed by atoms with E-state index in [2.05, 4.69) is 24.1 Å². The molecule has 0 aromatic carbocycles. The fourth-order valence-electron chi connectivity index (χ4n) is 3.41. The Bertz CT molecular complexity index is 342. The standard InChI is InChI=1S/C17H32N2O2/c1-4-6-8-14-16(20)19(15(18-14)7-5-2)13-17(9-10-17)11-12-21-3/h14-15,18H,4-13H2,1-3H3. The number of carbonyl (C=O) groups excluding carboxylic acids is 1. The molecule has 0 radical (unpaired) electrons. The Morgan fingerprint density at radius 3 is 2.62 bits per heavy atom. The smallest absolute Gasteiger partial charge is 0.241 e. The Labute approximate surface area is 129 Å². The molecular formula is C17H32N2O2. The molecule has 1 amide bonds. The summed E-state index contributed by atoms with van der Waals surface area (Å²) < 4.78 is 5.24. The van der Waals surface area contributed by atoms with E-state index in [1.165, 1.54) is 12.8 Å². The first kappa shape index (κ1) is 16.8. The van der Waals surface area contributed by atoms with Gasteiger partial charge in [0.15, 0.2) is 0 Å². The van der Waals surface area contributed by atoms with Crippen molar-refractivity contribution in [1.29, 1.82) is 0 Å². The number of nitrogens with zero attached hydrogens (tertiary/aromatic N) is 1. The van der Waals surface area contributed by atoms with E-state index < -0.39 is 0 Å². The molecule has 2 fully saturated rings. The van der Waals surface area contributed by atoms with Gasteiger partial charge < -0.3 is 9.64 Å². The maximum absolute atomic E-state index is 12.7. The van der Waals surface area contributed by atoms with Gasteiger partial charge in [0, 0.05) is 20.3 Å². The summed E-state index contributed by atoms with van der Waals surface area (Å²) in [6.07, 6.45) is 9.29. The molecular weight excluding hydrogens is 264 g/mol. The third-order valence-electron chi connectivity index (χ3n) is 5.06. The van der Waals surface area contributed by atoms with Crippen molar-refractivity contribution in [2.45, 2.75) is 77.4 Å². The van der Waals surface area contributed by atoms with Crippen LogP contribution in [-0.2, 0) is 9.53 Å². The molecule has 1 aliphatic heterocycles. The number of carbonyl (C=O) groups is 1. The molecule has 4 nitrogen and oxygen atoms in total. The molecule has 1 saturated heterocycles. The SMILES string of the molecule is CCCCC1NC(CCC)N(CC2(CCOC)CC2)C1=O. The van der Waals surface area contributed by atoms with Crippen LogP contribution in [0.3, 0.4) is 0 Å². The van der Waals surface area contributed by atoms with Crippen LogP contribution in [0.4, 0.5) is 0 Å². The maximum Gasteiger partial charge on any atom is 0.241 e. The molecule has 0 aromatic heterocycles. The van der Waals surface area contributed by atoms with Crippen LogP contribution in [0.2, 0.25) is 0 Å². The Hall–Kier alpha value is -0.610. The van der Waals surface area contributed by atoms with Gasteiger partial charge in [0.05, 0.1) is 12.2 Å². The maximum atomic E-state index is 12.7. The van der Waals surface area contributed by atoms with Gasteiger partial charge in [0.25, 0.3) is 0 Å². The van der Waals surface area contributed by atoms with Gasteiger partial charge >= 0.3 is 0 Å². The molecule has 2 rings (SSSR count). The summed E-state index contributed by atoms with van der Waals surface area (Å²) in [5.41, 5.74) is 0.346. The molecule has 1 heterocycles. The lowest BCUT2D eigenvalue weighted by Gasteiger charge is -2.28. The lowest BCUT2D eigenvalue weighted by atomic mass is 10.0. The lowest BCUT2D eigenvalue weighted by Crippen LogP contribution is -2.41. The van der Waals surface area contributed by atoms with Crippen LogP contribution in [-0.4, -0.2) is 43.3 Å². The number of hydrogen-bond donors (Lipinski definition) is 1. The minimum atomic E-state index is 0.0553. The molecule has 2 unspecified atom stereocenters. The number of unbranched alkanes of at least 4 members (excludes halogenated alkanes) is 1. The van der Waals surface area contributed by atoms with E-state index in [9.17, 15) is 4.79 Å². The van der Waals surface area contributed by atoms with E-state index in [0.29, 0.717) is 11.3 Å². The zero-order chi connectivity index (χ0) is 15.3. The summed E-state index contributed by atoms with van der Waals surface area (Å²) in [4.78, 5) is 14.9. The molecule has 1 aliphatic carbocycles. The quantitative estimate of drug-likeness (QED) is 0.674. The summed E-state index contributed by atoms with van der Waals surface area (Å²) in [5.74, 6) is 0.339. The first-order chi connectivity index (χ1) is 10.2. The predicted octanol–water partition coefficient (Wildman–Crippen LogP) is 2.92. The Kier molecular flexibility index (Phi) is 6.06. The first-order valence-corrected chi connectivity index (χ1v) is 8.71. The molecule has 4 heteroatoms. The Morgan fingerprint density at radius 2 is 2.05 bits per heavy atom. The van der Waals surface area contributed by atoms with E-state index in [1.807, 2.05) is 0 Å². The van der Waals surface area contributed by atoms with Gasteiger partial charge in [-0.15, -0.1) is 0 Å². The Balaban J connectivity index is 1.95. The second-order valence-electron chi connectivity index (χ2n) is 6.87. The van der Waals surface area contributed by atoms with Crippen LogP contribution in [0.25, 0.3) is 0 Å². The van der Waals surface area contributed by atoms with Crippen LogP contribution in [0, 0.1) is 5.41 Å². The summed E-state index contributed by atoms with van der Waals surface area (Å²) in [5, 5.41) is 3.58. The average Bonchev–Trinajstić information content (AvgIpc) is 3.19. The topological polar surface area (TPSA) is 41.6 Å². The number of ether oxygens (including phenoxy) is 1. The highest BCUT2D eigenvalue weighted by atomic mass is 16.5. The third kappa shape index (κ3) is 4.19. The van der Waals surface area contributed by atoms with Crippen molar-refractivity contribution in [1.82, 2.24) is 10.2 Å². The Morgan fingerprint density at radius 1 is 1.29 bits per heavy atom. The number of amides is 1. The average molecular weight is 296 g/mol. The van der Waals surface area contributed by atoms with Gasteiger partial charge in [0.1, 0.15) is 0 Å². The molecule has 2 atom stereocenters. The van der Waals surface area contributed by atoms with Crippen molar-refractivity contribution in [3.05, 3.63) is 0 Å². The summed E-state index contributed by atoms with van der Waals surface area (Å²) in [6, 6.07) is 0.0553. The summed E-state index contributed by atoms with van der Waals surface area (Å²) in [7, 11) is 1.76. The van der Waals surface area contributed by atoms with Gasteiger partial charge in [-0.25, -0.2) is 0 Å². The molecule has 1 N–H and O–H groups in total. The monoisotopic (exact) mass is 296 g/mol. The number of rotatable bonds is 10. The van der Waals surface area contributed by atoms with Gasteiger partial charge in [-0.2, -0.15) is 0 Å². The number of hydrogen-bond acceptors (Lipinski definition) is 3. The van der Waals surface area contributed by atoms with Crippen LogP contribution in [0.15, 0.2) is 0 Å². The number of nitrogens with one attached hydrogen (secondary N) is 1. The second kappa shape index (κ2) is 7.59. The third-order valence-corrected chi connectivity index (χ3v) is 5.06. The molecule has 1 saturated carbocycles. The van der Waals surface area contributed by atoms with Gasteiger partial charge in [0.2, 0.25) is 5.91 Å². The normalized spacial score (nSPS) is 27.4. The van der Waals surface area contributed by atoms with E-state index >= 15 is 0 Å². The van der Waals surface area contributed by atoms with Crippen molar-refractivity contribution in [2.24, 2.45) is 5.41 Å². The second-order valence-corrected chi connectivity index (χ2v) is 6.87. The van der Waals surface area contributed by atoms with Crippen LogP contribution < -0.4 is 5.32 Å². The first-order valence-electron chi connectivity index (χ1n) is 8.71. The minimum Gasteiger partial charge on any atom is -0.385 e. The van der Waals surface area contributed by atoms with Gasteiger partial charge in [-0.3, -0.25) is 10.1 Å². The highest BCUT2D eigenvalue weighted by Crippen LogP contribution is 2.50. The van der Waals surface area contributed by atoms with Crippen LogP contribution in [0.1, 0.15) is 65.2 Å². The molecule has 122 valence electrons. The van der Waals surface area contributed by atoms with E-state index in [1.54, 1.807) is 7.11 Å². The van der Waals surface area contributed by atoms with E-state index in [4.69, 9.17) is 4.74 Å². The highest BCUT2D eigenvalue weighted by molar-refractivity contribution is 5.84. The summed E-state index contributed by atoms with van der Waals surface area (Å²) >= 11 is 0. The van der Waals surface area contributed by atoms with Crippen molar-refractivity contribution >= 4 is 5.91 Å². The summed E-state index contributed by atoms with van der Waals surface area (Å²) in [6.45, 7) is 6.12. The zero-order valence-electron chi connectivity index (χ0n) is 14.0. The van der Waals surface area contributed by atoms with Crippen LogP contribution >= 0.6 is 0 Å². The van der Waals surface area contributed by atoms with Crippen molar-refractivity contribution in [3.63, 3.8) is 0 Å². The van der Waals surface area contributed by atoms with Gasteiger partial charge in [-0.1, -0.05) is 33.1 Å². The molecule has 21 heavy (non-hydrogen) atoms. The van der Waals surface area contributed by atoms with Crippen molar-refractivity contribution in [2.75, 3.05) is 20.3 Å². The zero-order valence-corrected chi connectivity index (χ0v) is 14.0. The number of methoxy groups -OCH3 is 1. The van der Waals surface area contributed by atoms with Crippen molar-refractivity contribution in [3.8, 4) is 0 Å². The minimum absolute atomic E-state index is 0.0553.